The van der Waals surface area contributed by atoms with E-state index in [9.17, 15) is 9.70 Å². The van der Waals surface area contributed by atoms with E-state index in [0.717, 1.165) is 0 Å². The Kier molecular flexibility index (Phi) is 3.62. The van der Waals surface area contributed by atoms with Crippen molar-refractivity contribution in [2.75, 3.05) is 13.1 Å². The fourth-order valence-electron chi connectivity index (χ4n) is 1.83. The summed E-state index contributed by atoms with van der Waals surface area (Å²) in [5.41, 5.74) is 0. The zero-order chi connectivity index (χ0) is 10.6. The highest BCUT2D eigenvalue weighted by Gasteiger charge is 2.28. The molecule has 0 radical (unpaired) electrons. The summed E-state index contributed by atoms with van der Waals surface area (Å²) in [4.78, 5) is 20.8. The average molecular weight is 198 g/mol. The summed E-state index contributed by atoms with van der Waals surface area (Å²) >= 11 is 0. The smallest absolute Gasteiger partial charge is 0.303 e. The van der Waals surface area contributed by atoms with Crippen LogP contribution in [0.2, 0.25) is 0 Å². The summed E-state index contributed by atoms with van der Waals surface area (Å²) in [6, 6.07) is 0. The molecule has 0 amide bonds. The summed E-state index contributed by atoms with van der Waals surface area (Å²) in [7, 11) is 0. The second-order valence-electron chi connectivity index (χ2n) is 3.54. The molecule has 1 aliphatic heterocycles. The van der Waals surface area contributed by atoms with Crippen LogP contribution in [0.3, 0.4) is 0 Å². The van der Waals surface area contributed by atoms with E-state index in [1.807, 2.05) is 0 Å². The van der Waals surface area contributed by atoms with Gasteiger partial charge in [-0.1, -0.05) is 6.08 Å². The molecule has 1 heterocycles. The fourth-order valence-corrected chi connectivity index (χ4v) is 1.83. The molecule has 0 spiro atoms. The lowest BCUT2D eigenvalue weighted by Gasteiger charge is -2.32. The Balaban J connectivity index is 2.56. The van der Waals surface area contributed by atoms with Gasteiger partial charge >= 0.3 is 5.97 Å². The summed E-state index contributed by atoms with van der Waals surface area (Å²) < 4.78 is 0. The molecule has 2 unspecified atom stereocenters. The first kappa shape index (κ1) is 10.7. The first-order chi connectivity index (χ1) is 6.67. The molecule has 1 rings (SSSR count). The largest absolute Gasteiger partial charge is 0.481 e. The number of nitrogens with zero attached hydrogens (tertiary/aromatic N) is 2. The van der Waals surface area contributed by atoms with Crippen LogP contribution in [0.25, 0.3) is 0 Å². The second-order valence-corrected chi connectivity index (χ2v) is 3.54. The van der Waals surface area contributed by atoms with Crippen molar-refractivity contribution in [3.8, 4) is 0 Å². The number of carboxylic acid groups (broad SMARTS) is 1. The van der Waals surface area contributed by atoms with Crippen LogP contribution in [0, 0.1) is 16.7 Å². The molecule has 0 aromatic carbocycles. The second kappa shape index (κ2) is 4.74. The van der Waals surface area contributed by atoms with E-state index in [0.29, 0.717) is 19.5 Å². The molecule has 0 saturated carbocycles. The zero-order valence-corrected chi connectivity index (χ0v) is 7.93. The van der Waals surface area contributed by atoms with Crippen molar-refractivity contribution in [1.82, 2.24) is 5.01 Å². The highest BCUT2D eigenvalue weighted by atomic mass is 16.4. The van der Waals surface area contributed by atoms with Crippen molar-refractivity contribution >= 4 is 5.97 Å². The first-order valence-corrected chi connectivity index (χ1v) is 4.60. The summed E-state index contributed by atoms with van der Waals surface area (Å²) in [5, 5.41) is 12.9. The Hall–Kier alpha value is -1.39. The van der Waals surface area contributed by atoms with Crippen molar-refractivity contribution in [1.29, 1.82) is 0 Å². The van der Waals surface area contributed by atoms with Gasteiger partial charge in [0, 0.05) is 19.5 Å². The van der Waals surface area contributed by atoms with E-state index in [1.165, 1.54) is 5.01 Å². The molecule has 0 aliphatic carbocycles. The normalized spacial score (nSPS) is 27.0. The Labute approximate surface area is 82.3 Å². The Bertz CT molecular complexity index is 242. The van der Waals surface area contributed by atoms with Gasteiger partial charge < -0.3 is 5.11 Å². The van der Waals surface area contributed by atoms with Gasteiger partial charge in [-0.15, -0.1) is 11.5 Å². The van der Waals surface area contributed by atoms with Gasteiger partial charge in [0.2, 0.25) is 0 Å². The first-order valence-electron chi connectivity index (χ1n) is 4.60. The molecule has 1 aliphatic rings. The molecule has 0 aromatic rings. The molecule has 78 valence electrons. The molecule has 1 fully saturated rings. The molecule has 14 heavy (non-hydrogen) atoms. The third kappa shape index (κ3) is 2.55. The maximum atomic E-state index is 10.5. The summed E-state index contributed by atoms with van der Waals surface area (Å²) in [6.45, 7) is 4.69. The zero-order valence-electron chi connectivity index (χ0n) is 7.93. The van der Waals surface area contributed by atoms with Gasteiger partial charge in [0.1, 0.15) is 0 Å². The lowest BCUT2D eigenvalue weighted by molar-refractivity contribution is -0.138. The van der Waals surface area contributed by atoms with E-state index in [-0.39, 0.29) is 18.3 Å². The van der Waals surface area contributed by atoms with Gasteiger partial charge in [-0.05, 0) is 18.3 Å². The van der Waals surface area contributed by atoms with Crippen molar-refractivity contribution in [3.63, 3.8) is 0 Å². The highest BCUT2D eigenvalue weighted by molar-refractivity contribution is 5.67. The molecular formula is C9H14N2O3. The SMILES string of the molecule is C=CC1CN(N=O)CCC1CC(=O)O. The van der Waals surface area contributed by atoms with Gasteiger partial charge in [-0.3, -0.25) is 9.80 Å². The molecule has 1 saturated heterocycles. The minimum Gasteiger partial charge on any atom is -0.481 e. The topological polar surface area (TPSA) is 70.0 Å². The highest BCUT2D eigenvalue weighted by Crippen LogP contribution is 2.27. The van der Waals surface area contributed by atoms with Gasteiger partial charge in [-0.2, -0.15) is 0 Å². The van der Waals surface area contributed by atoms with Crippen LogP contribution >= 0.6 is 0 Å². The van der Waals surface area contributed by atoms with Crippen LogP contribution in [0.1, 0.15) is 12.8 Å². The molecule has 1 N–H and O–H groups in total. The number of hydrogen-bond acceptors (Lipinski definition) is 3. The van der Waals surface area contributed by atoms with E-state index in [2.05, 4.69) is 11.9 Å². The van der Waals surface area contributed by atoms with E-state index < -0.39 is 5.97 Å². The third-order valence-electron chi connectivity index (χ3n) is 2.64. The molecular weight excluding hydrogens is 184 g/mol. The van der Waals surface area contributed by atoms with Crippen molar-refractivity contribution < 1.29 is 9.90 Å². The van der Waals surface area contributed by atoms with Crippen molar-refractivity contribution in [2.24, 2.45) is 17.1 Å². The van der Waals surface area contributed by atoms with Gasteiger partial charge in [0.25, 0.3) is 0 Å². The predicted molar refractivity (Wildman–Crippen MR) is 51.4 cm³/mol. The number of nitroso groups, excluding NO2 is 1. The van der Waals surface area contributed by atoms with E-state index >= 15 is 0 Å². The third-order valence-corrected chi connectivity index (χ3v) is 2.64. The molecule has 0 bridgehead atoms. The number of piperidine rings is 1. The van der Waals surface area contributed by atoms with Crippen LogP contribution in [0.5, 0.6) is 0 Å². The average Bonchev–Trinajstić information content (AvgIpc) is 2.17. The number of rotatable bonds is 4. The van der Waals surface area contributed by atoms with Crippen LogP contribution in [-0.4, -0.2) is 29.2 Å². The van der Waals surface area contributed by atoms with Crippen molar-refractivity contribution in [2.45, 2.75) is 12.8 Å². The molecule has 5 nitrogen and oxygen atoms in total. The molecule has 2 atom stereocenters. The van der Waals surface area contributed by atoms with Gasteiger partial charge in [0.15, 0.2) is 0 Å². The number of aliphatic carboxylic acids is 1. The quantitative estimate of drug-likeness (QED) is 0.545. The van der Waals surface area contributed by atoms with Gasteiger partial charge in [-0.25, -0.2) is 0 Å². The molecule has 0 aromatic heterocycles. The van der Waals surface area contributed by atoms with Crippen LogP contribution < -0.4 is 0 Å². The van der Waals surface area contributed by atoms with E-state index in [1.54, 1.807) is 6.08 Å². The van der Waals surface area contributed by atoms with Crippen molar-refractivity contribution in [3.05, 3.63) is 17.6 Å². The number of carbonyl (C=O) groups is 1. The van der Waals surface area contributed by atoms with Crippen LogP contribution in [0.4, 0.5) is 0 Å². The van der Waals surface area contributed by atoms with E-state index in [4.69, 9.17) is 5.11 Å². The molecule has 5 heteroatoms. The maximum absolute atomic E-state index is 10.5. The predicted octanol–water partition coefficient (Wildman–Crippen LogP) is 1.27. The number of carboxylic acids is 1. The summed E-state index contributed by atoms with van der Waals surface area (Å²) in [6.07, 6.45) is 2.54. The standard InChI is InChI=1S/C9H14N2O3/c1-2-7-6-11(10-14)4-3-8(7)5-9(12)13/h2,7-8H,1,3-6H2,(H,12,13). The fraction of sp³-hybridized carbons (Fsp3) is 0.667. The Morgan fingerprint density at radius 3 is 2.93 bits per heavy atom. The Morgan fingerprint density at radius 2 is 2.43 bits per heavy atom. The van der Waals surface area contributed by atoms with Gasteiger partial charge in [0.05, 0.1) is 5.29 Å². The van der Waals surface area contributed by atoms with Crippen LogP contribution in [-0.2, 0) is 4.79 Å². The number of hydrogen-bond donors (Lipinski definition) is 1. The minimum absolute atomic E-state index is 0.0533. The monoisotopic (exact) mass is 198 g/mol. The lowest BCUT2D eigenvalue weighted by Crippen LogP contribution is -2.37. The minimum atomic E-state index is -0.797. The maximum Gasteiger partial charge on any atom is 0.303 e. The summed E-state index contributed by atoms with van der Waals surface area (Å²) in [5.74, 6) is -0.657. The van der Waals surface area contributed by atoms with Crippen LogP contribution in [0.15, 0.2) is 17.9 Å². The lowest BCUT2D eigenvalue weighted by atomic mass is 9.84. The Morgan fingerprint density at radius 1 is 1.71 bits per heavy atom.